The molecule has 1 aromatic carbocycles. The number of hydrogen-bond donors (Lipinski definition) is 1. The number of rotatable bonds is 1. The average Bonchev–Trinajstić information content (AvgIpc) is 3.32. The van der Waals surface area contributed by atoms with Crippen LogP contribution in [0.2, 0.25) is 0 Å². The summed E-state index contributed by atoms with van der Waals surface area (Å²) in [6, 6.07) is 7.33. The van der Waals surface area contributed by atoms with E-state index in [1.807, 2.05) is 18.2 Å². The minimum Gasteiger partial charge on any atom is -0.382 e. The van der Waals surface area contributed by atoms with Gasteiger partial charge < -0.3 is 5.73 Å². The Kier molecular flexibility index (Phi) is 3.08. The standard InChI is InChI=1S/C18H15N5O2S/c1-9-13-16(20-12-7-4-8-22(12)17(13)24)26-14(9)18(25)23-11-6-3-2-5-10(11)15(19)21-23/h2-3,5-6H,4,7-8H2,1H3,(H2,19,21). The highest BCUT2D eigenvalue weighted by Crippen LogP contribution is 2.30. The minimum atomic E-state index is -0.289. The molecule has 0 unspecified atom stereocenters. The second-order valence-electron chi connectivity index (χ2n) is 6.44. The molecule has 130 valence electrons. The molecule has 0 saturated heterocycles. The van der Waals surface area contributed by atoms with Crippen molar-refractivity contribution in [1.29, 1.82) is 0 Å². The van der Waals surface area contributed by atoms with Crippen molar-refractivity contribution in [3.63, 3.8) is 0 Å². The largest absolute Gasteiger partial charge is 0.382 e. The molecule has 26 heavy (non-hydrogen) atoms. The van der Waals surface area contributed by atoms with Gasteiger partial charge >= 0.3 is 0 Å². The molecule has 1 aliphatic heterocycles. The predicted octanol–water partition coefficient (Wildman–Crippen LogP) is 2.33. The Morgan fingerprint density at radius 3 is 2.96 bits per heavy atom. The monoisotopic (exact) mass is 365 g/mol. The Balaban J connectivity index is 1.74. The fraction of sp³-hybridized carbons (Fsp3) is 0.222. The van der Waals surface area contributed by atoms with Crippen molar-refractivity contribution in [2.24, 2.45) is 0 Å². The van der Waals surface area contributed by atoms with Crippen molar-refractivity contribution >= 4 is 44.2 Å². The normalized spacial score (nSPS) is 13.6. The molecule has 0 amide bonds. The van der Waals surface area contributed by atoms with E-state index in [9.17, 15) is 9.59 Å². The summed E-state index contributed by atoms with van der Waals surface area (Å²) in [6.07, 6.45) is 1.73. The van der Waals surface area contributed by atoms with Gasteiger partial charge in [0, 0.05) is 18.4 Å². The Hall–Kier alpha value is -3.00. The molecule has 0 aliphatic carbocycles. The summed E-state index contributed by atoms with van der Waals surface area (Å²) in [4.78, 5) is 31.7. The summed E-state index contributed by atoms with van der Waals surface area (Å²) in [5.74, 6) is 0.823. The van der Waals surface area contributed by atoms with Crippen LogP contribution in [-0.4, -0.2) is 25.2 Å². The van der Waals surface area contributed by atoms with E-state index in [4.69, 9.17) is 5.73 Å². The SMILES string of the molecule is Cc1c(C(=O)n2nc(N)c3ccccc32)sc2nc3n(c(=O)c12)CCC3. The number of aryl methyl sites for hydroxylation is 2. The van der Waals surface area contributed by atoms with Crippen molar-refractivity contribution in [2.75, 3.05) is 5.73 Å². The molecule has 0 radical (unpaired) electrons. The van der Waals surface area contributed by atoms with Crippen LogP contribution in [0.1, 0.15) is 27.5 Å². The highest BCUT2D eigenvalue weighted by Gasteiger charge is 2.25. The first-order chi connectivity index (χ1) is 12.6. The first-order valence-corrected chi connectivity index (χ1v) is 9.18. The molecule has 2 N–H and O–H groups in total. The number of thiophene rings is 1. The summed E-state index contributed by atoms with van der Waals surface area (Å²) in [7, 11) is 0. The van der Waals surface area contributed by atoms with E-state index < -0.39 is 0 Å². The number of nitrogens with zero attached hydrogens (tertiary/aromatic N) is 4. The maximum Gasteiger partial charge on any atom is 0.289 e. The number of nitrogen functional groups attached to an aromatic ring is 1. The third-order valence-corrected chi connectivity index (χ3v) is 6.09. The van der Waals surface area contributed by atoms with Crippen LogP contribution >= 0.6 is 11.3 Å². The van der Waals surface area contributed by atoms with E-state index >= 15 is 0 Å². The Bertz CT molecular complexity index is 1280. The second-order valence-corrected chi connectivity index (χ2v) is 7.44. The third kappa shape index (κ3) is 1.93. The summed E-state index contributed by atoms with van der Waals surface area (Å²) < 4.78 is 3.03. The van der Waals surface area contributed by atoms with Crippen LogP contribution in [0.25, 0.3) is 21.1 Å². The van der Waals surface area contributed by atoms with Gasteiger partial charge in [0.15, 0.2) is 5.82 Å². The highest BCUT2D eigenvalue weighted by molar-refractivity contribution is 7.20. The lowest BCUT2D eigenvalue weighted by Gasteiger charge is -2.02. The summed E-state index contributed by atoms with van der Waals surface area (Å²) in [5.41, 5.74) is 7.21. The summed E-state index contributed by atoms with van der Waals surface area (Å²) >= 11 is 1.25. The van der Waals surface area contributed by atoms with Crippen LogP contribution in [0.4, 0.5) is 5.82 Å². The average molecular weight is 365 g/mol. The lowest BCUT2D eigenvalue weighted by molar-refractivity contribution is 0.0954. The van der Waals surface area contributed by atoms with Crippen LogP contribution in [0.15, 0.2) is 29.1 Å². The zero-order valence-electron chi connectivity index (χ0n) is 14.0. The molecule has 0 saturated carbocycles. The molecule has 0 spiro atoms. The number of para-hydroxylation sites is 1. The smallest absolute Gasteiger partial charge is 0.289 e. The van der Waals surface area contributed by atoms with Gasteiger partial charge in [0.2, 0.25) is 0 Å². The molecule has 4 aromatic rings. The number of carbonyl (C=O) groups is 1. The molecule has 0 bridgehead atoms. The fourth-order valence-corrected chi connectivity index (χ4v) is 4.74. The predicted molar refractivity (Wildman–Crippen MR) is 101 cm³/mol. The number of hydrogen-bond acceptors (Lipinski definition) is 6. The molecule has 1 aliphatic rings. The number of anilines is 1. The van der Waals surface area contributed by atoms with Crippen LogP contribution in [0.3, 0.4) is 0 Å². The molecule has 5 rings (SSSR count). The van der Waals surface area contributed by atoms with Crippen LogP contribution in [0, 0.1) is 6.92 Å². The molecular weight excluding hydrogens is 350 g/mol. The maximum absolute atomic E-state index is 13.1. The number of aromatic nitrogens is 4. The first-order valence-electron chi connectivity index (χ1n) is 8.37. The van der Waals surface area contributed by atoms with Crippen LogP contribution in [-0.2, 0) is 13.0 Å². The maximum atomic E-state index is 13.1. The first kappa shape index (κ1) is 15.3. The number of carbonyl (C=O) groups excluding carboxylic acids is 1. The van der Waals surface area contributed by atoms with Gasteiger partial charge in [-0.25, -0.2) is 4.98 Å². The van der Waals surface area contributed by atoms with E-state index in [0.717, 1.165) is 24.1 Å². The van der Waals surface area contributed by atoms with Crippen molar-refractivity contribution < 1.29 is 4.79 Å². The Morgan fingerprint density at radius 1 is 1.31 bits per heavy atom. The van der Waals surface area contributed by atoms with Gasteiger partial charge in [-0.05, 0) is 31.0 Å². The number of nitrogens with two attached hydrogens (primary N) is 1. The van der Waals surface area contributed by atoms with E-state index in [1.165, 1.54) is 16.0 Å². The third-order valence-electron chi connectivity index (χ3n) is 4.91. The quantitative estimate of drug-likeness (QED) is 0.558. The molecule has 7 nitrogen and oxygen atoms in total. The van der Waals surface area contributed by atoms with E-state index in [-0.39, 0.29) is 11.5 Å². The molecule has 8 heteroatoms. The van der Waals surface area contributed by atoms with Crippen LogP contribution in [0.5, 0.6) is 0 Å². The fourth-order valence-electron chi connectivity index (χ4n) is 3.62. The lowest BCUT2D eigenvalue weighted by atomic mass is 10.2. The van der Waals surface area contributed by atoms with Crippen molar-refractivity contribution in [3.8, 4) is 0 Å². The van der Waals surface area contributed by atoms with Gasteiger partial charge in [0.1, 0.15) is 15.5 Å². The molecule has 4 heterocycles. The van der Waals surface area contributed by atoms with Gasteiger partial charge in [0.05, 0.1) is 10.9 Å². The zero-order valence-corrected chi connectivity index (χ0v) is 14.8. The topological polar surface area (TPSA) is 95.8 Å². The Labute approximate surface area is 151 Å². The molecule has 3 aromatic heterocycles. The lowest BCUT2D eigenvalue weighted by Crippen LogP contribution is -2.21. The second kappa shape index (κ2) is 5.25. The van der Waals surface area contributed by atoms with Gasteiger partial charge in [-0.15, -0.1) is 16.4 Å². The van der Waals surface area contributed by atoms with Gasteiger partial charge in [-0.2, -0.15) is 4.68 Å². The van der Waals surface area contributed by atoms with E-state index in [0.29, 0.717) is 38.5 Å². The van der Waals surface area contributed by atoms with Crippen molar-refractivity contribution in [3.05, 3.63) is 50.9 Å². The molecule has 0 fully saturated rings. The van der Waals surface area contributed by atoms with Crippen LogP contribution < -0.4 is 11.3 Å². The van der Waals surface area contributed by atoms with Crippen molar-refractivity contribution in [2.45, 2.75) is 26.3 Å². The summed E-state index contributed by atoms with van der Waals surface area (Å²) in [6.45, 7) is 2.49. The number of fused-ring (bicyclic) bond motifs is 3. The van der Waals surface area contributed by atoms with Gasteiger partial charge in [-0.1, -0.05) is 12.1 Å². The Morgan fingerprint density at radius 2 is 2.12 bits per heavy atom. The summed E-state index contributed by atoms with van der Waals surface area (Å²) in [5, 5.41) is 5.48. The zero-order chi connectivity index (χ0) is 18.0. The highest BCUT2D eigenvalue weighted by atomic mass is 32.1. The minimum absolute atomic E-state index is 0.0554. The van der Waals surface area contributed by atoms with E-state index in [2.05, 4.69) is 10.1 Å². The van der Waals surface area contributed by atoms with Gasteiger partial charge in [0.25, 0.3) is 11.5 Å². The molecule has 0 atom stereocenters. The number of benzene rings is 1. The molecular formula is C18H15N5O2S. The van der Waals surface area contributed by atoms with Gasteiger partial charge in [-0.3, -0.25) is 14.2 Å². The van der Waals surface area contributed by atoms with E-state index in [1.54, 1.807) is 17.6 Å². The van der Waals surface area contributed by atoms with Crippen molar-refractivity contribution in [1.82, 2.24) is 19.3 Å².